The van der Waals surface area contributed by atoms with E-state index >= 15 is 0 Å². The number of carbonyl (C=O) groups excluding carboxylic acids is 3. The van der Waals surface area contributed by atoms with E-state index in [1.165, 1.54) is 25.4 Å². The summed E-state index contributed by atoms with van der Waals surface area (Å²) in [5.74, 6) is -0.731. The summed E-state index contributed by atoms with van der Waals surface area (Å²) in [6.07, 6.45) is 3.72. The number of para-hydroxylation sites is 1. The van der Waals surface area contributed by atoms with Crippen LogP contribution in [0.3, 0.4) is 0 Å². The number of aryl methyl sites for hydroxylation is 1. The van der Waals surface area contributed by atoms with Crippen molar-refractivity contribution in [2.45, 2.75) is 32.6 Å². The van der Waals surface area contributed by atoms with E-state index in [0.29, 0.717) is 21.9 Å². The fourth-order valence-corrected chi connectivity index (χ4v) is 4.51. The molecule has 0 saturated heterocycles. The molecule has 1 amide bonds. The number of nitrogens with one attached hydrogen (secondary N) is 1. The van der Waals surface area contributed by atoms with Crippen LogP contribution in [-0.2, 0) is 22.4 Å². The van der Waals surface area contributed by atoms with Gasteiger partial charge in [0, 0.05) is 11.8 Å². The number of hydrogen-bond acceptors (Lipinski definition) is 6. The average molecular weight is 387 g/mol. The first kappa shape index (κ1) is 19.1. The molecule has 1 N–H and O–H groups in total. The highest BCUT2D eigenvalue weighted by Gasteiger charge is 2.27. The molecule has 0 atom stereocenters. The molecule has 0 bridgehead atoms. The van der Waals surface area contributed by atoms with Crippen molar-refractivity contribution in [3.05, 3.63) is 45.8 Å². The number of ketones is 1. The number of hydrogen-bond donors (Lipinski definition) is 1. The molecule has 142 valence electrons. The van der Waals surface area contributed by atoms with Crippen LogP contribution in [0, 0.1) is 0 Å². The second kappa shape index (κ2) is 8.35. The SMILES string of the molecule is COc1ccccc1C(=O)COC(=O)c1c(NC(C)=O)sc2c1CCCC2. The minimum atomic E-state index is -0.582. The van der Waals surface area contributed by atoms with E-state index in [1.54, 1.807) is 24.3 Å². The summed E-state index contributed by atoms with van der Waals surface area (Å²) in [4.78, 5) is 37.7. The van der Waals surface area contributed by atoms with E-state index in [4.69, 9.17) is 9.47 Å². The van der Waals surface area contributed by atoms with Gasteiger partial charge in [0.15, 0.2) is 6.61 Å². The van der Waals surface area contributed by atoms with Crippen LogP contribution in [-0.4, -0.2) is 31.4 Å². The Labute approximate surface area is 161 Å². The maximum atomic E-state index is 12.7. The number of carbonyl (C=O) groups is 3. The Balaban J connectivity index is 1.79. The van der Waals surface area contributed by atoms with Gasteiger partial charge in [0.1, 0.15) is 10.8 Å². The number of rotatable bonds is 6. The number of fused-ring (bicyclic) bond motifs is 1. The predicted octanol–water partition coefficient (Wildman–Crippen LogP) is 3.63. The molecule has 3 rings (SSSR count). The Morgan fingerprint density at radius 3 is 2.63 bits per heavy atom. The molecule has 1 heterocycles. The molecule has 6 nitrogen and oxygen atoms in total. The molecule has 0 unspecified atom stereocenters. The zero-order valence-corrected chi connectivity index (χ0v) is 16.1. The molecular formula is C20H21NO5S. The molecule has 0 fully saturated rings. The van der Waals surface area contributed by atoms with Crippen molar-refractivity contribution in [3.63, 3.8) is 0 Å². The summed E-state index contributed by atoms with van der Waals surface area (Å²) in [6, 6.07) is 6.80. The molecule has 7 heteroatoms. The predicted molar refractivity (Wildman–Crippen MR) is 103 cm³/mol. The number of benzene rings is 1. The first-order valence-electron chi connectivity index (χ1n) is 8.76. The smallest absolute Gasteiger partial charge is 0.341 e. The second-order valence-electron chi connectivity index (χ2n) is 6.30. The quantitative estimate of drug-likeness (QED) is 0.605. The van der Waals surface area contributed by atoms with Crippen LogP contribution >= 0.6 is 11.3 Å². The summed E-state index contributed by atoms with van der Waals surface area (Å²) in [7, 11) is 1.48. The van der Waals surface area contributed by atoms with E-state index in [-0.39, 0.29) is 18.3 Å². The first-order chi connectivity index (χ1) is 13.0. The van der Waals surface area contributed by atoms with Crippen molar-refractivity contribution in [1.82, 2.24) is 0 Å². The molecule has 0 saturated carbocycles. The largest absolute Gasteiger partial charge is 0.496 e. The fourth-order valence-electron chi connectivity index (χ4n) is 3.19. The van der Waals surface area contributed by atoms with Gasteiger partial charge < -0.3 is 14.8 Å². The van der Waals surface area contributed by atoms with Gasteiger partial charge in [-0.1, -0.05) is 12.1 Å². The molecule has 1 aliphatic rings. The number of anilines is 1. The Hall–Kier alpha value is -2.67. The van der Waals surface area contributed by atoms with E-state index in [2.05, 4.69) is 5.32 Å². The lowest BCUT2D eigenvalue weighted by Crippen LogP contribution is -2.18. The maximum absolute atomic E-state index is 12.7. The van der Waals surface area contributed by atoms with Crippen LogP contribution in [0.1, 0.15) is 50.9 Å². The van der Waals surface area contributed by atoms with Gasteiger partial charge in [0.05, 0.1) is 18.2 Å². The molecule has 27 heavy (non-hydrogen) atoms. The monoisotopic (exact) mass is 387 g/mol. The summed E-state index contributed by atoms with van der Waals surface area (Å²) < 4.78 is 10.5. The second-order valence-corrected chi connectivity index (χ2v) is 7.40. The van der Waals surface area contributed by atoms with Gasteiger partial charge in [-0.05, 0) is 43.4 Å². The van der Waals surface area contributed by atoms with Gasteiger partial charge in [-0.15, -0.1) is 11.3 Å². The summed E-state index contributed by atoms with van der Waals surface area (Å²) in [5, 5.41) is 3.23. The Morgan fingerprint density at radius 2 is 1.89 bits per heavy atom. The Morgan fingerprint density at radius 1 is 1.15 bits per heavy atom. The minimum absolute atomic E-state index is 0.243. The van der Waals surface area contributed by atoms with Crippen LogP contribution in [0.4, 0.5) is 5.00 Å². The molecule has 1 aliphatic carbocycles. The lowest BCUT2D eigenvalue weighted by molar-refractivity contribution is -0.114. The van der Waals surface area contributed by atoms with Crippen molar-refractivity contribution < 1.29 is 23.9 Å². The van der Waals surface area contributed by atoms with Gasteiger partial charge in [0.2, 0.25) is 11.7 Å². The van der Waals surface area contributed by atoms with Gasteiger partial charge in [0.25, 0.3) is 0 Å². The van der Waals surface area contributed by atoms with Crippen molar-refractivity contribution in [2.75, 3.05) is 19.0 Å². The zero-order valence-electron chi connectivity index (χ0n) is 15.3. The molecule has 2 aromatic rings. The topological polar surface area (TPSA) is 81.7 Å². The lowest BCUT2D eigenvalue weighted by atomic mass is 9.95. The van der Waals surface area contributed by atoms with Gasteiger partial charge >= 0.3 is 5.97 Å². The van der Waals surface area contributed by atoms with Crippen LogP contribution in [0.25, 0.3) is 0 Å². The highest BCUT2D eigenvalue weighted by atomic mass is 32.1. The average Bonchev–Trinajstić information content (AvgIpc) is 3.02. The van der Waals surface area contributed by atoms with Crippen LogP contribution in [0.15, 0.2) is 24.3 Å². The molecule has 1 aromatic carbocycles. The number of esters is 1. The Kier molecular flexibility index (Phi) is 5.91. The lowest BCUT2D eigenvalue weighted by Gasteiger charge is -2.13. The highest BCUT2D eigenvalue weighted by molar-refractivity contribution is 7.17. The van der Waals surface area contributed by atoms with E-state index < -0.39 is 5.97 Å². The Bertz CT molecular complexity index is 886. The summed E-state index contributed by atoms with van der Waals surface area (Å²) in [6.45, 7) is 1.02. The van der Waals surface area contributed by atoms with E-state index in [9.17, 15) is 14.4 Å². The zero-order chi connectivity index (χ0) is 19.4. The summed E-state index contributed by atoms with van der Waals surface area (Å²) in [5.41, 5.74) is 1.68. The molecule has 0 aliphatic heterocycles. The maximum Gasteiger partial charge on any atom is 0.341 e. The normalized spacial score (nSPS) is 12.8. The number of Topliss-reactive ketones (excluding diaryl/α,β-unsaturated/α-hetero) is 1. The molecule has 0 radical (unpaired) electrons. The van der Waals surface area contributed by atoms with Crippen LogP contribution < -0.4 is 10.1 Å². The first-order valence-corrected chi connectivity index (χ1v) is 9.58. The van der Waals surface area contributed by atoms with Gasteiger partial charge in [-0.2, -0.15) is 0 Å². The molecular weight excluding hydrogens is 366 g/mol. The van der Waals surface area contributed by atoms with E-state index in [0.717, 1.165) is 36.1 Å². The van der Waals surface area contributed by atoms with Crippen LogP contribution in [0.2, 0.25) is 0 Å². The summed E-state index contributed by atoms with van der Waals surface area (Å²) >= 11 is 1.42. The van der Waals surface area contributed by atoms with Crippen molar-refractivity contribution in [3.8, 4) is 5.75 Å². The number of methoxy groups -OCH3 is 1. The van der Waals surface area contributed by atoms with Crippen LogP contribution in [0.5, 0.6) is 5.75 Å². The highest BCUT2D eigenvalue weighted by Crippen LogP contribution is 2.38. The number of thiophene rings is 1. The number of ether oxygens (including phenoxy) is 2. The fraction of sp³-hybridized carbons (Fsp3) is 0.350. The van der Waals surface area contributed by atoms with Crippen molar-refractivity contribution in [1.29, 1.82) is 0 Å². The van der Waals surface area contributed by atoms with Crippen molar-refractivity contribution >= 4 is 34.0 Å². The third-order valence-electron chi connectivity index (χ3n) is 4.41. The van der Waals surface area contributed by atoms with Crippen molar-refractivity contribution in [2.24, 2.45) is 0 Å². The third-order valence-corrected chi connectivity index (χ3v) is 5.61. The molecule has 0 spiro atoms. The van der Waals surface area contributed by atoms with E-state index in [1.807, 2.05) is 0 Å². The third kappa shape index (κ3) is 4.19. The number of amides is 1. The van der Waals surface area contributed by atoms with Gasteiger partial charge in [-0.3, -0.25) is 9.59 Å². The standard InChI is InChI=1S/C20H21NO5S/c1-12(22)21-19-18(14-8-4-6-10-17(14)27-19)20(24)26-11-15(23)13-7-3-5-9-16(13)25-2/h3,5,7,9H,4,6,8,10-11H2,1-2H3,(H,21,22). The minimum Gasteiger partial charge on any atom is -0.496 e. The van der Waals surface area contributed by atoms with Gasteiger partial charge in [-0.25, -0.2) is 4.79 Å². The molecule has 1 aromatic heterocycles.